The fourth-order valence-corrected chi connectivity index (χ4v) is 3.76. The van der Waals surface area contributed by atoms with Gasteiger partial charge in [0.15, 0.2) is 0 Å². The Morgan fingerprint density at radius 2 is 2.15 bits per heavy atom. The third-order valence-corrected chi connectivity index (χ3v) is 5.30. The molecule has 1 atom stereocenters. The number of carbonyl (C=O) groups is 1. The molecule has 1 saturated heterocycles. The molecule has 0 bridgehead atoms. The number of morpholine rings is 1. The topological polar surface area (TPSA) is 60.8 Å². The number of benzene rings is 1. The van der Waals surface area contributed by atoms with Crippen molar-refractivity contribution in [3.8, 4) is 0 Å². The van der Waals surface area contributed by atoms with E-state index in [1.807, 2.05) is 25.1 Å². The van der Waals surface area contributed by atoms with Gasteiger partial charge in [-0.2, -0.15) is 0 Å². The lowest BCUT2D eigenvalue weighted by atomic mass is 10.2. The summed E-state index contributed by atoms with van der Waals surface area (Å²) in [5.41, 5.74) is 2.14. The normalized spacial score (nSPS) is 18.0. The number of thiazole rings is 1. The predicted octanol–water partition coefficient (Wildman–Crippen LogP) is 2.05. The molecule has 1 aromatic carbocycles. The summed E-state index contributed by atoms with van der Waals surface area (Å²) in [6.07, 6.45) is 0.0831. The van der Waals surface area contributed by atoms with Gasteiger partial charge in [0.05, 0.1) is 13.0 Å². The van der Waals surface area contributed by atoms with Crippen molar-refractivity contribution in [3.05, 3.63) is 56.6 Å². The van der Waals surface area contributed by atoms with Crippen molar-refractivity contribution in [3.63, 3.8) is 0 Å². The summed E-state index contributed by atoms with van der Waals surface area (Å²) >= 11 is 1.15. The summed E-state index contributed by atoms with van der Waals surface area (Å²) in [4.78, 5) is 25.9. The maximum Gasteiger partial charge on any atom is 0.307 e. The maximum atomic E-state index is 12.0. The second-order valence-electron chi connectivity index (χ2n) is 6.44. The van der Waals surface area contributed by atoms with E-state index in [1.54, 1.807) is 9.95 Å². The maximum absolute atomic E-state index is 12.0. The molecule has 0 N–H and O–H groups in total. The van der Waals surface area contributed by atoms with Gasteiger partial charge in [0, 0.05) is 37.3 Å². The van der Waals surface area contributed by atoms with E-state index in [2.05, 4.69) is 17.0 Å². The molecule has 3 rings (SSSR count). The molecule has 6 nitrogen and oxygen atoms in total. The number of hydrogen-bond donors (Lipinski definition) is 0. The quantitative estimate of drug-likeness (QED) is 0.692. The number of carbonyl (C=O) groups excluding carboxylic acids is 1. The lowest BCUT2D eigenvalue weighted by molar-refractivity contribution is -0.150. The van der Waals surface area contributed by atoms with Gasteiger partial charge < -0.3 is 14.0 Å². The molecule has 2 heterocycles. The highest BCUT2D eigenvalue weighted by Gasteiger charge is 2.22. The van der Waals surface area contributed by atoms with Crippen LogP contribution in [0.25, 0.3) is 0 Å². The fourth-order valence-electron chi connectivity index (χ4n) is 3.00. The van der Waals surface area contributed by atoms with Gasteiger partial charge in [-0.3, -0.25) is 14.5 Å². The highest BCUT2D eigenvalue weighted by Crippen LogP contribution is 2.11. The summed E-state index contributed by atoms with van der Waals surface area (Å²) < 4.78 is 12.7. The standard InChI is InChI=1S/C19H24N2O4S/c1-15-14-26-19(23)21(15)8-7-18(22)25-13-17-12-20(9-10-24-17)11-16-5-3-2-4-6-16/h2-6,14,17H,7-13H2,1H3. The van der Waals surface area contributed by atoms with Crippen molar-refractivity contribution in [2.45, 2.75) is 32.5 Å². The average Bonchev–Trinajstić information content (AvgIpc) is 2.97. The molecule has 140 valence electrons. The van der Waals surface area contributed by atoms with Crippen LogP contribution in [-0.4, -0.2) is 47.8 Å². The Balaban J connectivity index is 1.41. The van der Waals surface area contributed by atoms with Crippen molar-refractivity contribution in [1.82, 2.24) is 9.47 Å². The molecular weight excluding hydrogens is 352 g/mol. The second-order valence-corrected chi connectivity index (χ2v) is 7.26. The molecular formula is C19H24N2O4S. The van der Waals surface area contributed by atoms with Crippen LogP contribution in [0.5, 0.6) is 0 Å². The summed E-state index contributed by atoms with van der Waals surface area (Å²) in [6.45, 7) is 5.60. The number of nitrogens with zero attached hydrogens (tertiary/aromatic N) is 2. The molecule has 1 unspecified atom stereocenters. The van der Waals surface area contributed by atoms with E-state index in [4.69, 9.17) is 9.47 Å². The Kier molecular flexibility index (Phi) is 6.60. The molecule has 0 aliphatic carbocycles. The van der Waals surface area contributed by atoms with Crippen molar-refractivity contribution >= 4 is 17.3 Å². The van der Waals surface area contributed by atoms with Crippen LogP contribution >= 0.6 is 11.3 Å². The minimum absolute atomic E-state index is 0.0394. The largest absolute Gasteiger partial charge is 0.463 e. The molecule has 0 saturated carbocycles. The van der Waals surface area contributed by atoms with Gasteiger partial charge in [0.1, 0.15) is 12.7 Å². The van der Waals surface area contributed by atoms with Crippen molar-refractivity contribution in [1.29, 1.82) is 0 Å². The third kappa shape index (κ3) is 5.27. The number of aromatic nitrogens is 1. The van der Waals surface area contributed by atoms with Crippen LogP contribution in [0.4, 0.5) is 0 Å². The molecule has 1 aliphatic heterocycles. The van der Waals surface area contributed by atoms with Crippen LogP contribution in [0, 0.1) is 6.92 Å². The van der Waals surface area contributed by atoms with Crippen LogP contribution in [-0.2, 0) is 27.4 Å². The van der Waals surface area contributed by atoms with E-state index in [0.29, 0.717) is 13.2 Å². The molecule has 1 aromatic heterocycles. The zero-order chi connectivity index (χ0) is 18.4. The summed E-state index contributed by atoms with van der Waals surface area (Å²) in [7, 11) is 0. The summed E-state index contributed by atoms with van der Waals surface area (Å²) in [5.74, 6) is -0.300. The van der Waals surface area contributed by atoms with Crippen molar-refractivity contribution in [2.75, 3.05) is 26.3 Å². The highest BCUT2D eigenvalue weighted by molar-refractivity contribution is 7.07. The predicted molar refractivity (Wildman–Crippen MR) is 100 cm³/mol. The SMILES string of the molecule is Cc1csc(=O)n1CCC(=O)OCC1CN(Cc2ccccc2)CCO1. The molecule has 0 radical (unpaired) electrons. The zero-order valence-corrected chi connectivity index (χ0v) is 15.7. The Hall–Kier alpha value is -1.96. The van der Waals surface area contributed by atoms with E-state index >= 15 is 0 Å². The average molecular weight is 376 g/mol. The molecule has 7 heteroatoms. The van der Waals surface area contributed by atoms with Gasteiger partial charge >= 0.3 is 10.8 Å². The molecule has 26 heavy (non-hydrogen) atoms. The van der Waals surface area contributed by atoms with Crippen LogP contribution < -0.4 is 4.87 Å². The summed E-state index contributed by atoms with van der Waals surface area (Å²) in [5, 5.41) is 1.80. The van der Waals surface area contributed by atoms with Crippen LogP contribution in [0.3, 0.4) is 0 Å². The Labute approximate surface area is 157 Å². The van der Waals surface area contributed by atoms with E-state index < -0.39 is 0 Å². The molecule has 0 spiro atoms. The number of hydrogen-bond acceptors (Lipinski definition) is 6. The molecule has 1 fully saturated rings. The Morgan fingerprint density at radius 1 is 1.35 bits per heavy atom. The van der Waals surface area contributed by atoms with Gasteiger partial charge in [-0.25, -0.2) is 0 Å². The lowest BCUT2D eigenvalue weighted by Gasteiger charge is -2.32. The number of aryl methyl sites for hydroxylation is 1. The van der Waals surface area contributed by atoms with Gasteiger partial charge in [0.25, 0.3) is 0 Å². The second kappa shape index (κ2) is 9.12. The highest BCUT2D eigenvalue weighted by atomic mass is 32.1. The molecule has 1 aliphatic rings. The smallest absolute Gasteiger partial charge is 0.307 e. The Bertz CT molecular complexity index is 771. The first-order valence-electron chi connectivity index (χ1n) is 8.80. The van der Waals surface area contributed by atoms with Gasteiger partial charge in [-0.1, -0.05) is 41.7 Å². The fraction of sp³-hybridized carbons (Fsp3) is 0.474. The Morgan fingerprint density at radius 3 is 2.88 bits per heavy atom. The van der Waals surface area contributed by atoms with Gasteiger partial charge in [-0.15, -0.1) is 0 Å². The number of rotatable bonds is 7. The van der Waals surface area contributed by atoms with Gasteiger partial charge in [-0.05, 0) is 12.5 Å². The monoisotopic (exact) mass is 376 g/mol. The lowest BCUT2D eigenvalue weighted by Crippen LogP contribution is -2.44. The first-order valence-corrected chi connectivity index (χ1v) is 9.68. The third-order valence-electron chi connectivity index (χ3n) is 4.42. The first-order chi connectivity index (χ1) is 12.6. The number of ether oxygens (including phenoxy) is 2. The van der Waals surface area contributed by atoms with Crippen LogP contribution in [0.15, 0.2) is 40.5 Å². The van der Waals surface area contributed by atoms with E-state index in [-0.39, 0.29) is 30.0 Å². The molecule has 2 aromatic rings. The number of esters is 1. The van der Waals surface area contributed by atoms with Crippen LogP contribution in [0.2, 0.25) is 0 Å². The van der Waals surface area contributed by atoms with Crippen molar-refractivity contribution < 1.29 is 14.3 Å². The van der Waals surface area contributed by atoms with Crippen LogP contribution in [0.1, 0.15) is 17.7 Å². The van der Waals surface area contributed by atoms with E-state index in [0.717, 1.165) is 36.7 Å². The van der Waals surface area contributed by atoms with Crippen molar-refractivity contribution in [2.24, 2.45) is 0 Å². The van der Waals surface area contributed by atoms with E-state index in [9.17, 15) is 9.59 Å². The minimum Gasteiger partial charge on any atom is -0.463 e. The van der Waals surface area contributed by atoms with Gasteiger partial charge in [0.2, 0.25) is 0 Å². The molecule has 0 amide bonds. The van der Waals surface area contributed by atoms with E-state index in [1.165, 1.54) is 5.56 Å². The zero-order valence-electron chi connectivity index (χ0n) is 14.9. The summed E-state index contributed by atoms with van der Waals surface area (Å²) in [6, 6.07) is 10.3. The minimum atomic E-state index is -0.300. The first kappa shape index (κ1) is 18.8.